The summed E-state index contributed by atoms with van der Waals surface area (Å²) in [5.41, 5.74) is 1.89. The van der Waals surface area contributed by atoms with Gasteiger partial charge in [0.05, 0.1) is 36.1 Å². The average molecular weight is 479 g/mol. The summed E-state index contributed by atoms with van der Waals surface area (Å²) in [5, 5.41) is 0. The van der Waals surface area contributed by atoms with Crippen molar-refractivity contribution in [3.05, 3.63) is 90.6 Å². The summed E-state index contributed by atoms with van der Waals surface area (Å²) in [7, 11) is 2.87. The van der Waals surface area contributed by atoms with Crippen molar-refractivity contribution in [1.82, 2.24) is 4.57 Å². The molecule has 8 nitrogen and oxygen atoms in total. The number of nitrogens with zero attached hydrogens (tertiary/aromatic N) is 2. The molecule has 0 saturated heterocycles. The highest BCUT2D eigenvalue weighted by atomic mass is 32.1. The van der Waals surface area contributed by atoms with E-state index in [2.05, 4.69) is 4.99 Å². The van der Waals surface area contributed by atoms with Crippen LogP contribution >= 0.6 is 11.3 Å². The molecule has 9 heteroatoms. The number of benzene rings is 2. The number of carbonyl (C=O) groups excluding carboxylic acids is 2. The van der Waals surface area contributed by atoms with Crippen LogP contribution in [0.15, 0.2) is 69.6 Å². The van der Waals surface area contributed by atoms with Crippen molar-refractivity contribution in [1.29, 1.82) is 0 Å². The van der Waals surface area contributed by atoms with Gasteiger partial charge in [0.15, 0.2) is 4.80 Å². The van der Waals surface area contributed by atoms with Crippen LogP contribution in [0.25, 0.3) is 6.08 Å². The van der Waals surface area contributed by atoms with Crippen LogP contribution in [0.5, 0.6) is 11.5 Å². The first-order valence-electron chi connectivity index (χ1n) is 10.4. The second-order valence-corrected chi connectivity index (χ2v) is 8.52. The number of hydrogen-bond donors (Lipinski definition) is 0. The van der Waals surface area contributed by atoms with Crippen molar-refractivity contribution in [3.8, 4) is 11.5 Å². The number of hydrogen-bond acceptors (Lipinski definition) is 8. The van der Waals surface area contributed by atoms with Gasteiger partial charge < -0.3 is 14.2 Å². The summed E-state index contributed by atoms with van der Waals surface area (Å²) in [5.74, 6) is 0.0605. The Morgan fingerprint density at radius 3 is 2.47 bits per heavy atom. The molecule has 2 heterocycles. The van der Waals surface area contributed by atoms with E-state index in [0.29, 0.717) is 37.7 Å². The van der Waals surface area contributed by atoms with Crippen LogP contribution in [-0.2, 0) is 14.3 Å². The molecule has 1 aliphatic heterocycles. The van der Waals surface area contributed by atoms with E-state index >= 15 is 0 Å². The number of aromatic nitrogens is 1. The molecule has 1 unspecified atom stereocenters. The van der Waals surface area contributed by atoms with Gasteiger partial charge in [0.25, 0.3) is 5.56 Å². The summed E-state index contributed by atoms with van der Waals surface area (Å²) in [6.45, 7) is 3.05. The zero-order valence-electron chi connectivity index (χ0n) is 19.0. The van der Waals surface area contributed by atoms with Gasteiger partial charge in [0.1, 0.15) is 11.5 Å². The summed E-state index contributed by atoms with van der Waals surface area (Å²) in [6.07, 6.45) is 1.71. The van der Waals surface area contributed by atoms with Gasteiger partial charge in [-0.2, -0.15) is 0 Å². The largest absolute Gasteiger partial charge is 0.497 e. The van der Waals surface area contributed by atoms with Gasteiger partial charge in [-0.15, -0.1) is 0 Å². The number of allylic oxidation sites excluding steroid dienone is 1. The van der Waals surface area contributed by atoms with Crippen LogP contribution in [0, 0.1) is 0 Å². The van der Waals surface area contributed by atoms with Crippen molar-refractivity contribution in [2.45, 2.75) is 19.9 Å². The van der Waals surface area contributed by atoms with Crippen molar-refractivity contribution in [3.63, 3.8) is 0 Å². The van der Waals surface area contributed by atoms with Crippen LogP contribution in [0.3, 0.4) is 0 Å². The number of ether oxygens (including phenoxy) is 3. The fraction of sp³-hybridized carbons (Fsp3) is 0.200. The van der Waals surface area contributed by atoms with Gasteiger partial charge in [-0.1, -0.05) is 35.6 Å². The van der Waals surface area contributed by atoms with Crippen LogP contribution in [0.4, 0.5) is 0 Å². The van der Waals surface area contributed by atoms with E-state index in [4.69, 9.17) is 14.2 Å². The quantitative estimate of drug-likeness (QED) is 0.413. The maximum atomic E-state index is 13.5. The second kappa shape index (κ2) is 9.48. The Morgan fingerprint density at radius 2 is 1.82 bits per heavy atom. The van der Waals surface area contributed by atoms with Crippen molar-refractivity contribution in [2.75, 3.05) is 14.2 Å². The summed E-state index contributed by atoms with van der Waals surface area (Å²) in [6, 6.07) is 13.3. The second-order valence-electron chi connectivity index (χ2n) is 7.51. The Balaban J connectivity index is 1.90. The number of carbonyl (C=O) groups is 2. The summed E-state index contributed by atoms with van der Waals surface area (Å²) < 4.78 is 17.3. The van der Waals surface area contributed by atoms with Gasteiger partial charge in [0, 0.05) is 6.92 Å². The Morgan fingerprint density at radius 1 is 1.09 bits per heavy atom. The Hall–Kier alpha value is -3.98. The zero-order valence-corrected chi connectivity index (χ0v) is 19.8. The predicted octanol–water partition coefficient (Wildman–Crippen LogP) is 2.34. The Bertz CT molecular complexity index is 1480. The molecule has 0 saturated carbocycles. The van der Waals surface area contributed by atoms with E-state index < -0.39 is 18.0 Å². The molecular weight excluding hydrogens is 456 g/mol. The van der Waals surface area contributed by atoms with E-state index in [1.807, 2.05) is 12.1 Å². The molecule has 0 N–H and O–H groups in total. The lowest BCUT2D eigenvalue weighted by Crippen LogP contribution is -2.39. The minimum Gasteiger partial charge on any atom is -0.497 e. The monoisotopic (exact) mass is 478 g/mol. The van der Waals surface area contributed by atoms with Crippen molar-refractivity contribution < 1.29 is 23.8 Å². The molecular formula is C25H22N2O6S. The fourth-order valence-electron chi connectivity index (χ4n) is 3.78. The van der Waals surface area contributed by atoms with E-state index in [0.717, 1.165) is 5.56 Å². The molecule has 0 radical (unpaired) electrons. The van der Waals surface area contributed by atoms with Crippen molar-refractivity contribution >= 4 is 29.4 Å². The lowest BCUT2D eigenvalue weighted by Gasteiger charge is -2.24. The molecule has 1 aliphatic rings. The van der Waals surface area contributed by atoms with Crippen LogP contribution < -0.4 is 24.4 Å². The first kappa shape index (κ1) is 23.2. The zero-order chi connectivity index (χ0) is 24.4. The number of thiazole rings is 1. The molecule has 1 aromatic heterocycles. The van der Waals surface area contributed by atoms with E-state index in [-0.39, 0.29) is 5.56 Å². The third-order valence-corrected chi connectivity index (χ3v) is 6.26. The smallest absolute Gasteiger partial charge is 0.338 e. The highest BCUT2D eigenvalue weighted by Gasteiger charge is 2.33. The van der Waals surface area contributed by atoms with Crippen LogP contribution in [0.2, 0.25) is 0 Å². The Kier molecular flexibility index (Phi) is 6.47. The predicted molar refractivity (Wildman–Crippen MR) is 127 cm³/mol. The normalized spacial score (nSPS) is 15.4. The molecule has 174 valence electrons. The Labute approximate surface area is 199 Å². The highest BCUT2D eigenvalue weighted by molar-refractivity contribution is 7.07. The van der Waals surface area contributed by atoms with E-state index in [9.17, 15) is 14.4 Å². The minimum atomic E-state index is -0.705. The van der Waals surface area contributed by atoms with E-state index in [1.54, 1.807) is 56.5 Å². The molecule has 0 aliphatic carbocycles. The molecule has 0 bridgehead atoms. The third kappa shape index (κ3) is 4.42. The minimum absolute atomic E-state index is 0.295. The van der Waals surface area contributed by atoms with Gasteiger partial charge in [-0.25, -0.2) is 9.79 Å². The fourth-order valence-corrected chi connectivity index (χ4v) is 4.83. The highest BCUT2D eigenvalue weighted by Crippen LogP contribution is 2.31. The maximum Gasteiger partial charge on any atom is 0.338 e. The molecule has 1 atom stereocenters. The molecule has 0 spiro atoms. The standard InChI is InChI=1S/C25H22N2O6S/c1-14-21(24(30)32-4)22(17-8-10-18(31-3)11-9-17)27-23(29)20(34-25(27)26-14)13-16-6-5-7-19(12-16)33-15(2)28/h5-13,22H,1-4H3. The third-order valence-electron chi connectivity index (χ3n) is 5.28. The molecule has 2 aromatic carbocycles. The first-order valence-corrected chi connectivity index (χ1v) is 11.2. The van der Waals surface area contributed by atoms with Crippen LogP contribution in [0.1, 0.15) is 31.0 Å². The van der Waals surface area contributed by atoms with Gasteiger partial charge in [0.2, 0.25) is 0 Å². The lowest BCUT2D eigenvalue weighted by atomic mass is 9.96. The van der Waals surface area contributed by atoms with Crippen LogP contribution in [-0.4, -0.2) is 30.7 Å². The number of fused-ring (bicyclic) bond motifs is 1. The summed E-state index contributed by atoms with van der Waals surface area (Å²) >= 11 is 1.22. The van der Waals surface area contributed by atoms with Gasteiger partial charge >= 0.3 is 11.9 Å². The molecule has 0 amide bonds. The van der Waals surface area contributed by atoms with Gasteiger partial charge in [-0.3, -0.25) is 14.2 Å². The number of esters is 2. The van der Waals surface area contributed by atoms with E-state index in [1.165, 1.54) is 29.9 Å². The first-order chi connectivity index (χ1) is 16.3. The molecule has 0 fully saturated rings. The average Bonchev–Trinajstić information content (AvgIpc) is 3.12. The van der Waals surface area contributed by atoms with Gasteiger partial charge in [-0.05, 0) is 48.4 Å². The number of methoxy groups -OCH3 is 2. The molecule has 3 aromatic rings. The summed E-state index contributed by atoms with van der Waals surface area (Å²) in [4.78, 5) is 42.5. The topological polar surface area (TPSA) is 96.2 Å². The molecule has 4 rings (SSSR count). The number of rotatable bonds is 5. The SMILES string of the molecule is COC(=O)C1=C(C)N=c2sc(=Cc3cccc(OC(C)=O)c3)c(=O)n2C1c1ccc(OC)cc1. The van der Waals surface area contributed by atoms with Crippen molar-refractivity contribution in [2.24, 2.45) is 4.99 Å². The lowest BCUT2D eigenvalue weighted by molar-refractivity contribution is -0.136. The maximum absolute atomic E-state index is 13.5. The molecule has 34 heavy (non-hydrogen) atoms.